The third-order valence-electron chi connectivity index (χ3n) is 5.90. The molecule has 34 heavy (non-hydrogen) atoms. The van der Waals surface area contributed by atoms with E-state index in [2.05, 4.69) is 34.6 Å². The highest BCUT2D eigenvalue weighted by Crippen LogP contribution is 2.44. The van der Waals surface area contributed by atoms with Gasteiger partial charge >= 0.3 is 12.1 Å². The third-order valence-corrected chi connectivity index (χ3v) is 5.90. The summed E-state index contributed by atoms with van der Waals surface area (Å²) in [4.78, 5) is 36.8. The number of fused-ring (bicyclic) bond motifs is 3. The molecule has 0 aromatic heterocycles. The molecular weight excluding hydrogens is 432 g/mol. The SMILES string of the molecule is CC#CCC(NC(=O)OCC1c2ccccc2-c2ccccc21)C(=O)N[C@@H](CCCC)C(=O)O. The van der Waals surface area contributed by atoms with E-state index in [-0.39, 0.29) is 18.9 Å². The summed E-state index contributed by atoms with van der Waals surface area (Å²) >= 11 is 0. The topological polar surface area (TPSA) is 105 Å². The van der Waals surface area contributed by atoms with Gasteiger partial charge in [0.2, 0.25) is 5.91 Å². The molecule has 0 fully saturated rings. The number of carbonyl (C=O) groups excluding carboxylic acids is 2. The molecule has 1 aliphatic carbocycles. The fourth-order valence-corrected chi connectivity index (χ4v) is 4.13. The summed E-state index contributed by atoms with van der Waals surface area (Å²) in [5, 5.41) is 14.5. The van der Waals surface area contributed by atoms with Crippen molar-refractivity contribution < 1.29 is 24.2 Å². The number of carboxylic acids is 1. The van der Waals surface area contributed by atoms with Gasteiger partial charge in [-0.25, -0.2) is 9.59 Å². The predicted octanol–water partition coefficient (Wildman–Crippen LogP) is 4.07. The lowest BCUT2D eigenvalue weighted by molar-refractivity contribution is -0.142. The molecule has 0 spiro atoms. The van der Waals surface area contributed by atoms with Crippen LogP contribution in [-0.4, -0.2) is 41.8 Å². The van der Waals surface area contributed by atoms with Crippen molar-refractivity contribution in [2.45, 2.75) is 57.5 Å². The lowest BCUT2D eigenvalue weighted by atomic mass is 9.98. The highest BCUT2D eigenvalue weighted by molar-refractivity contribution is 5.89. The summed E-state index contributed by atoms with van der Waals surface area (Å²) in [6, 6.07) is 14.0. The van der Waals surface area contributed by atoms with Gasteiger partial charge in [-0.05, 0) is 35.6 Å². The zero-order valence-corrected chi connectivity index (χ0v) is 19.5. The van der Waals surface area contributed by atoms with Crippen LogP contribution in [-0.2, 0) is 14.3 Å². The summed E-state index contributed by atoms with van der Waals surface area (Å²) in [5.74, 6) is 3.66. The average molecular weight is 463 g/mol. The van der Waals surface area contributed by atoms with Gasteiger partial charge in [0.25, 0.3) is 0 Å². The minimum atomic E-state index is -1.11. The number of carboxylic acid groups (broad SMARTS) is 1. The fourth-order valence-electron chi connectivity index (χ4n) is 4.13. The first kappa shape index (κ1) is 24.8. The lowest BCUT2D eigenvalue weighted by Gasteiger charge is -2.21. The number of hydrogen-bond donors (Lipinski definition) is 3. The number of amides is 2. The molecule has 7 nitrogen and oxygen atoms in total. The summed E-state index contributed by atoms with van der Waals surface area (Å²) in [7, 11) is 0. The van der Waals surface area contributed by atoms with E-state index in [0.717, 1.165) is 28.7 Å². The molecule has 0 aliphatic heterocycles. The second kappa shape index (κ2) is 11.9. The molecule has 2 aromatic carbocycles. The first-order valence-corrected chi connectivity index (χ1v) is 11.5. The van der Waals surface area contributed by atoms with Crippen molar-refractivity contribution in [3.05, 3.63) is 59.7 Å². The Morgan fingerprint density at radius 2 is 1.62 bits per heavy atom. The van der Waals surface area contributed by atoms with Gasteiger partial charge in [-0.1, -0.05) is 68.3 Å². The Labute approximate surface area is 199 Å². The van der Waals surface area contributed by atoms with Crippen LogP contribution in [0.3, 0.4) is 0 Å². The number of nitrogens with one attached hydrogen (secondary N) is 2. The van der Waals surface area contributed by atoms with Crippen molar-refractivity contribution in [2.75, 3.05) is 6.61 Å². The zero-order valence-electron chi connectivity index (χ0n) is 19.5. The van der Waals surface area contributed by atoms with Crippen LogP contribution in [0.1, 0.15) is 56.6 Å². The van der Waals surface area contributed by atoms with E-state index in [9.17, 15) is 19.5 Å². The first-order valence-electron chi connectivity index (χ1n) is 11.5. The van der Waals surface area contributed by atoms with Gasteiger partial charge in [-0.3, -0.25) is 4.79 Å². The molecule has 3 N–H and O–H groups in total. The van der Waals surface area contributed by atoms with Crippen molar-refractivity contribution in [2.24, 2.45) is 0 Å². The van der Waals surface area contributed by atoms with Crippen LogP contribution in [0.4, 0.5) is 4.79 Å². The molecule has 2 aromatic rings. The van der Waals surface area contributed by atoms with E-state index < -0.39 is 30.1 Å². The molecule has 1 aliphatic rings. The molecular formula is C27H30N2O5. The monoisotopic (exact) mass is 462 g/mol. The van der Waals surface area contributed by atoms with Crippen LogP contribution < -0.4 is 10.6 Å². The number of hydrogen-bond acceptors (Lipinski definition) is 4. The number of rotatable bonds is 10. The van der Waals surface area contributed by atoms with Crippen LogP contribution in [0.25, 0.3) is 11.1 Å². The Morgan fingerprint density at radius 1 is 1.00 bits per heavy atom. The van der Waals surface area contributed by atoms with Crippen molar-refractivity contribution in [3.8, 4) is 23.0 Å². The van der Waals surface area contributed by atoms with Gasteiger partial charge in [-0.15, -0.1) is 11.8 Å². The van der Waals surface area contributed by atoms with Gasteiger partial charge < -0.3 is 20.5 Å². The van der Waals surface area contributed by atoms with Gasteiger partial charge in [0.1, 0.15) is 18.7 Å². The molecule has 7 heteroatoms. The average Bonchev–Trinajstić information content (AvgIpc) is 3.16. The third kappa shape index (κ3) is 5.96. The number of unbranched alkanes of at least 4 members (excludes halogenated alkanes) is 1. The van der Waals surface area contributed by atoms with Gasteiger partial charge in [0.05, 0.1) is 0 Å². The summed E-state index contributed by atoms with van der Waals surface area (Å²) in [6.45, 7) is 3.69. The minimum absolute atomic E-state index is 0.0483. The van der Waals surface area contributed by atoms with Crippen molar-refractivity contribution in [1.82, 2.24) is 10.6 Å². The molecule has 0 bridgehead atoms. The van der Waals surface area contributed by atoms with E-state index in [1.807, 2.05) is 43.3 Å². The predicted molar refractivity (Wildman–Crippen MR) is 129 cm³/mol. The summed E-state index contributed by atoms with van der Waals surface area (Å²) in [6.07, 6.45) is 1.08. The highest BCUT2D eigenvalue weighted by Gasteiger charge is 2.30. The van der Waals surface area contributed by atoms with Crippen LogP contribution in [0.2, 0.25) is 0 Å². The second-order valence-electron chi connectivity index (χ2n) is 8.20. The van der Waals surface area contributed by atoms with Gasteiger partial charge in [-0.2, -0.15) is 0 Å². The summed E-state index contributed by atoms with van der Waals surface area (Å²) < 4.78 is 5.52. The molecule has 0 heterocycles. The normalized spacial score (nSPS) is 13.5. The maximum absolute atomic E-state index is 12.7. The maximum Gasteiger partial charge on any atom is 0.407 e. The van der Waals surface area contributed by atoms with E-state index >= 15 is 0 Å². The lowest BCUT2D eigenvalue weighted by Crippen LogP contribution is -2.51. The molecule has 2 atom stereocenters. The van der Waals surface area contributed by atoms with Crippen molar-refractivity contribution >= 4 is 18.0 Å². The highest BCUT2D eigenvalue weighted by atomic mass is 16.5. The van der Waals surface area contributed by atoms with Crippen LogP contribution in [0.15, 0.2) is 48.5 Å². The Bertz CT molecular complexity index is 1060. The number of ether oxygens (including phenoxy) is 1. The number of carbonyl (C=O) groups is 3. The van der Waals surface area contributed by atoms with Crippen molar-refractivity contribution in [1.29, 1.82) is 0 Å². The van der Waals surface area contributed by atoms with Crippen LogP contribution in [0.5, 0.6) is 0 Å². The standard InChI is InChI=1S/C27H30N2O5/c1-3-5-15-23(25(30)28-24(26(31)32)16-6-4-2)29-27(33)34-17-22-20-13-9-7-11-18(20)19-12-8-10-14-21(19)22/h7-14,22-24H,4,6,15-17H2,1-2H3,(H,28,30)(H,29,33)(H,31,32)/t23?,24-/m0/s1. The quantitative estimate of drug-likeness (QED) is 0.462. The molecule has 178 valence electrons. The number of benzene rings is 2. The molecule has 0 saturated carbocycles. The summed E-state index contributed by atoms with van der Waals surface area (Å²) in [5.41, 5.74) is 4.41. The Kier molecular flexibility index (Phi) is 8.69. The first-order chi connectivity index (χ1) is 16.5. The maximum atomic E-state index is 12.7. The van der Waals surface area contributed by atoms with Crippen molar-refractivity contribution in [3.63, 3.8) is 0 Å². The van der Waals surface area contributed by atoms with E-state index in [0.29, 0.717) is 12.8 Å². The van der Waals surface area contributed by atoms with Gasteiger partial charge in [0.15, 0.2) is 0 Å². The van der Waals surface area contributed by atoms with Crippen LogP contribution >= 0.6 is 0 Å². The van der Waals surface area contributed by atoms with Gasteiger partial charge in [0, 0.05) is 12.3 Å². The molecule has 0 saturated heterocycles. The van der Waals surface area contributed by atoms with E-state index in [4.69, 9.17) is 4.74 Å². The fraction of sp³-hybridized carbons (Fsp3) is 0.370. The Morgan fingerprint density at radius 3 is 2.18 bits per heavy atom. The van der Waals surface area contributed by atoms with Crippen LogP contribution in [0, 0.1) is 11.8 Å². The number of aliphatic carboxylic acids is 1. The Hall–Kier alpha value is -3.79. The Balaban J connectivity index is 1.65. The molecule has 0 radical (unpaired) electrons. The second-order valence-corrected chi connectivity index (χ2v) is 8.20. The number of alkyl carbamates (subject to hydrolysis) is 1. The molecule has 2 amide bonds. The smallest absolute Gasteiger partial charge is 0.407 e. The van der Waals surface area contributed by atoms with E-state index in [1.165, 1.54) is 0 Å². The minimum Gasteiger partial charge on any atom is -0.480 e. The van der Waals surface area contributed by atoms with E-state index in [1.54, 1.807) is 6.92 Å². The molecule has 1 unspecified atom stereocenters. The largest absolute Gasteiger partial charge is 0.480 e. The molecule has 3 rings (SSSR count). The zero-order chi connectivity index (χ0) is 24.5.